The van der Waals surface area contributed by atoms with Gasteiger partial charge in [0.2, 0.25) is 5.95 Å². The van der Waals surface area contributed by atoms with Crippen LogP contribution in [0, 0.1) is 0 Å². The van der Waals surface area contributed by atoms with Crippen LogP contribution in [-0.4, -0.2) is 60.6 Å². The van der Waals surface area contributed by atoms with Crippen molar-refractivity contribution in [3.63, 3.8) is 0 Å². The normalized spacial score (nSPS) is 20.6. The van der Waals surface area contributed by atoms with Crippen LogP contribution < -0.4 is 15.4 Å². The average molecular weight is 343 g/mol. The largest absolute Gasteiger partial charge is 0.488 e. The van der Waals surface area contributed by atoms with E-state index in [9.17, 15) is 0 Å². The first kappa shape index (κ1) is 16.0. The van der Waals surface area contributed by atoms with Crippen LogP contribution in [0.5, 0.6) is 5.75 Å². The molecule has 8 heteroatoms. The van der Waals surface area contributed by atoms with Crippen LogP contribution in [0.1, 0.15) is 6.42 Å². The van der Waals surface area contributed by atoms with Crippen LogP contribution in [-0.2, 0) is 9.47 Å². The highest BCUT2D eigenvalue weighted by molar-refractivity contribution is 5.63. The molecule has 2 N–H and O–H groups in total. The lowest BCUT2D eigenvalue weighted by Crippen LogP contribution is -2.36. The van der Waals surface area contributed by atoms with Crippen molar-refractivity contribution in [3.8, 4) is 17.0 Å². The number of nitrogens with zero attached hydrogens (tertiary/aromatic N) is 4. The highest BCUT2D eigenvalue weighted by atomic mass is 16.5. The number of nitrogens with two attached hydrogens (primary N) is 1. The van der Waals surface area contributed by atoms with Gasteiger partial charge in [0.15, 0.2) is 0 Å². The minimum absolute atomic E-state index is 0.0791. The molecule has 1 unspecified atom stereocenters. The molecule has 2 aliphatic heterocycles. The van der Waals surface area contributed by atoms with Crippen LogP contribution in [0.2, 0.25) is 0 Å². The molecule has 2 aromatic heterocycles. The Hall–Kier alpha value is -2.45. The van der Waals surface area contributed by atoms with E-state index in [1.807, 2.05) is 12.1 Å². The van der Waals surface area contributed by atoms with Gasteiger partial charge in [-0.05, 0) is 0 Å². The zero-order chi connectivity index (χ0) is 17.1. The molecule has 2 fully saturated rings. The van der Waals surface area contributed by atoms with E-state index in [-0.39, 0.29) is 12.1 Å². The summed E-state index contributed by atoms with van der Waals surface area (Å²) in [5.41, 5.74) is 7.15. The molecule has 2 aliphatic rings. The third-order valence-corrected chi connectivity index (χ3v) is 4.28. The van der Waals surface area contributed by atoms with Crippen molar-refractivity contribution in [1.29, 1.82) is 0 Å². The number of hydrogen-bond acceptors (Lipinski definition) is 8. The Bertz CT molecular complexity index is 713. The fourth-order valence-corrected chi connectivity index (χ4v) is 2.93. The van der Waals surface area contributed by atoms with Crippen molar-refractivity contribution in [2.24, 2.45) is 0 Å². The lowest BCUT2D eigenvalue weighted by Gasteiger charge is -2.28. The van der Waals surface area contributed by atoms with E-state index >= 15 is 0 Å². The molecule has 25 heavy (non-hydrogen) atoms. The summed E-state index contributed by atoms with van der Waals surface area (Å²) < 4.78 is 16.9. The third-order valence-electron chi connectivity index (χ3n) is 4.28. The summed E-state index contributed by atoms with van der Waals surface area (Å²) in [6.45, 7) is 4.37. The van der Waals surface area contributed by atoms with Gasteiger partial charge in [0.05, 0.1) is 32.1 Å². The molecule has 0 bridgehead atoms. The summed E-state index contributed by atoms with van der Waals surface area (Å²) in [7, 11) is 0. The van der Waals surface area contributed by atoms with Gasteiger partial charge in [0.25, 0.3) is 0 Å². The van der Waals surface area contributed by atoms with Gasteiger partial charge < -0.3 is 24.8 Å². The number of nitrogen functional groups attached to an aromatic ring is 1. The molecule has 0 amide bonds. The van der Waals surface area contributed by atoms with Gasteiger partial charge >= 0.3 is 0 Å². The monoisotopic (exact) mass is 343 g/mol. The number of hydrogen-bond donors (Lipinski definition) is 1. The number of morpholine rings is 1. The van der Waals surface area contributed by atoms with Crippen LogP contribution in [0.3, 0.4) is 0 Å². The number of anilines is 2. The summed E-state index contributed by atoms with van der Waals surface area (Å²) >= 11 is 0. The Labute approximate surface area is 145 Å². The standard InChI is InChI=1S/C17H21N5O3/c18-17-19-9-12(10-20-17)15-7-14(25-13-1-4-24-11-13)8-16(21-15)22-2-5-23-6-3-22/h7-10,13H,1-6,11H2,(H2,18,19,20). The summed E-state index contributed by atoms with van der Waals surface area (Å²) in [5, 5.41) is 0. The van der Waals surface area contributed by atoms with E-state index in [0.29, 0.717) is 19.8 Å². The summed E-state index contributed by atoms with van der Waals surface area (Å²) in [4.78, 5) is 15.1. The maximum Gasteiger partial charge on any atom is 0.219 e. The zero-order valence-electron chi connectivity index (χ0n) is 13.9. The first-order valence-corrected chi connectivity index (χ1v) is 8.45. The number of ether oxygens (including phenoxy) is 3. The molecule has 2 aromatic rings. The molecule has 1 atom stereocenters. The molecule has 0 aromatic carbocycles. The second-order valence-electron chi connectivity index (χ2n) is 6.08. The van der Waals surface area contributed by atoms with Gasteiger partial charge in [-0.25, -0.2) is 15.0 Å². The van der Waals surface area contributed by atoms with Gasteiger partial charge in [0, 0.05) is 49.6 Å². The van der Waals surface area contributed by atoms with Gasteiger partial charge in [-0.1, -0.05) is 0 Å². The van der Waals surface area contributed by atoms with Crippen molar-refractivity contribution >= 4 is 11.8 Å². The molecule has 0 radical (unpaired) electrons. The summed E-state index contributed by atoms with van der Waals surface area (Å²) in [6.07, 6.45) is 4.33. The second-order valence-corrected chi connectivity index (χ2v) is 6.08. The Balaban J connectivity index is 1.67. The molecule has 2 saturated heterocycles. The van der Waals surface area contributed by atoms with Crippen molar-refractivity contribution in [3.05, 3.63) is 24.5 Å². The Morgan fingerprint density at radius 1 is 1.08 bits per heavy atom. The molecule has 0 aliphatic carbocycles. The van der Waals surface area contributed by atoms with Gasteiger partial charge in [-0.2, -0.15) is 0 Å². The summed E-state index contributed by atoms with van der Waals surface area (Å²) in [5.74, 6) is 1.89. The van der Waals surface area contributed by atoms with E-state index in [1.165, 1.54) is 0 Å². The number of pyridine rings is 1. The second kappa shape index (κ2) is 7.20. The van der Waals surface area contributed by atoms with Crippen molar-refractivity contribution < 1.29 is 14.2 Å². The summed E-state index contributed by atoms with van der Waals surface area (Å²) in [6, 6.07) is 3.89. The minimum Gasteiger partial charge on any atom is -0.488 e. The Kier molecular flexibility index (Phi) is 4.62. The molecule has 0 saturated carbocycles. The Morgan fingerprint density at radius 3 is 2.60 bits per heavy atom. The molecule has 8 nitrogen and oxygen atoms in total. The lowest BCUT2D eigenvalue weighted by molar-refractivity contribution is 0.122. The first-order chi connectivity index (χ1) is 12.3. The smallest absolute Gasteiger partial charge is 0.219 e. The Morgan fingerprint density at radius 2 is 1.88 bits per heavy atom. The fraction of sp³-hybridized carbons (Fsp3) is 0.471. The van der Waals surface area contributed by atoms with Gasteiger partial charge in [-0.15, -0.1) is 0 Å². The maximum absolute atomic E-state index is 6.10. The lowest BCUT2D eigenvalue weighted by atomic mass is 10.2. The number of aromatic nitrogens is 3. The average Bonchev–Trinajstić information content (AvgIpc) is 3.16. The predicted octanol–water partition coefficient (Wildman–Crippen LogP) is 1.13. The first-order valence-electron chi connectivity index (χ1n) is 8.45. The molecule has 132 valence electrons. The molecule has 0 spiro atoms. The van der Waals surface area contributed by atoms with Crippen molar-refractivity contribution in [2.75, 3.05) is 50.2 Å². The van der Waals surface area contributed by atoms with E-state index in [2.05, 4.69) is 14.9 Å². The molecular weight excluding hydrogens is 322 g/mol. The minimum atomic E-state index is 0.0791. The number of rotatable bonds is 4. The van der Waals surface area contributed by atoms with Crippen molar-refractivity contribution in [2.45, 2.75) is 12.5 Å². The molecular formula is C17H21N5O3. The molecule has 4 heterocycles. The van der Waals surface area contributed by atoms with Crippen molar-refractivity contribution in [1.82, 2.24) is 15.0 Å². The van der Waals surface area contributed by atoms with E-state index < -0.39 is 0 Å². The third kappa shape index (κ3) is 3.80. The van der Waals surface area contributed by atoms with E-state index in [0.717, 1.165) is 48.9 Å². The predicted molar refractivity (Wildman–Crippen MR) is 92.6 cm³/mol. The van der Waals surface area contributed by atoms with E-state index in [1.54, 1.807) is 12.4 Å². The van der Waals surface area contributed by atoms with Crippen LogP contribution in [0.25, 0.3) is 11.3 Å². The van der Waals surface area contributed by atoms with Gasteiger partial charge in [-0.3, -0.25) is 0 Å². The fourth-order valence-electron chi connectivity index (χ4n) is 2.93. The van der Waals surface area contributed by atoms with Crippen LogP contribution >= 0.6 is 0 Å². The maximum atomic E-state index is 6.10. The topological polar surface area (TPSA) is 95.6 Å². The van der Waals surface area contributed by atoms with E-state index in [4.69, 9.17) is 24.9 Å². The van der Waals surface area contributed by atoms with Crippen LogP contribution in [0.15, 0.2) is 24.5 Å². The highest BCUT2D eigenvalue weighted by Gasteiger charge is 2.20. The molecule has 4 rings (SSSR count). The highest BCUT2D eigenvalue weighted by Crippen LogP contribution is 2.28. The quantitative estimate of drug-likeness (QED) is 0.882. The van der Waals surface area contributed by atoms with Gasteiger partial charge in [0.1, 0.15) is 17.7 Å². The SMILES string of the molecule is Nc1ncc(-c2cc(OC3CCOC3)cc(N3CCOCC3)n2)cn1. The zero-order valence-corrected chi connectivity index (χ0v) is 13.9. The van der Waals surface area contributed by atoms with Crippen LogP contribution in [0.4, 0.5) is 11.8 Å².